The number of hydrogen-bond donors (Lipinski definition) is 0. The first kappa shape index (κ1) is 21.8. The van der Waals surface area contributed by atoms with Crippen molar-refractivity contribution in [3.63, 3.8) is 0 Å². The second kappa shape index (κ2) is 9.37. The van der Waals surface area contributed by atoms with Gasteiger partial charge in [-0.05, 0) is 56.6 Å². The molecular formula is C26H29F3O2. The Balaban J connectivity index is 1.57. The monoisotopic (exact) mass is 430 g/mol. The quantitative estimate of drug-likeness (QED) is 0.279. The van der Waals surface area contributed by atoms with Gasteiger partial charge in [0.2, 0.25) is 11.6 Å². The number of rotatable bonds is 7. The maximum absolute atomic E-state index is 15.4. The molecule has 0 N–H and O–H groups in total. The summed E-state index contributed by atoms with van der Waals surface area (Å²) >= 11 is 0. The van der Waals surface area contributed by atoms with E-state index in [2.05, 4.69) is 13.0 Å². The van der Waals surface area contributed by atoms with Crippen molar-refractivity contribution in [2.24, 2.45) is 0 Å². The summed E-state index contributed by atoms with van der Waals surface area (Å²) in [5, 5.41) is 0. The number of hydrogen-bond acceptors (Lipinski definition) is 2. The Morgan fingerprint density at radius 1 is 1.00 bits per heavy atom. The first-order valence-electron chi connectivity index (χ1n) is 11.3. The molecule has 1 unspecified atom stereocenters. The molecule has 166 valence electrons. The van der Waals surface area contributed by atoms with Crippen LogP contribution in [-0.4, -0.2) is 6.61 Å². The Morgan fingerprint density at radius 3 is 2.52 bits per heavy atom. The Kier molecular flexibility index (Phi) is 6.59. The third-order valence-corrected chi connectivity index (χ3v) is 6.34. The van der Waals surface area contributed by atoms with E-state index >= 15 is 4.39 Å². The zero-order valence-corrected chi connectivity index (χ0v) is 18.2. The highest BCUT2D eigenvalue weighted by molar-refractivity contribution is 5.55. The lowest BCUT2D eigenvalue weighted by molar-refractivity contribution is 0.306. The van der Waals surface area contributed by atoms with Crippen LogP contribution in [0.1, 0.15) is 81.4 Å². The van der Waals surface area contributed by atoms with E-state index in [1.54, 1.807) is 6.92 Å². The van der Waals surface area contributed by atoms with Gasteiger partial charge in [-0.15, -0.1) is 0 Å². The van der Waals surface area contributed by atoms with Gasteiger partial charge >= 0.3 is 0 Å². The molecule has 0 spiro atoms. The zero-order valence-electron chi connectivity index (χ0n) is 18.2. The predicted molar refractivity (Wildman–Crippen MR) is 116 cm³/mol. The predicted octanol–water partition coefficient (Wildman–Crippen LogP) is 7.97. The standard InChI is InChI=1S/C26H29F3O2/c1-3-5-6-7-16-8-10-17(11-9-16)20-13-12-18-14-19-15-21(30-4-2)23(28)24(29)26(19)31-25(18)22(20)27/h8,12-13,15,17H,3-7,9-11,14H2,1-2H3. The van der Waals surface area contributed by atoms with Crippen LogP contribution in [-0.2, 0) is 6.42 Å². The van der Waals surface area contributed by atoms with E-state index in [0.29, 0.717) is 16.7 Å². The van der Waals surface area contributed by atoms with Crippen molar-refractivity contribution in [1.29, 1.82) is 0 Å². The number of benzene rings is 2. The van der Waals surface area contributed by atoms with Gasteiger partial charge in [-0.2, -0.15) is 8.78 Å². The number of fused-ring (bicyclic) bond motifs is 2. The van der Waals surface area contributed by atoms with E-state index < -0.39 is 17.5 Å². The van der Waals surface area contributed by atoms with E-state index in [4.69, 9.17) is 9.47 Å². The molecular weight excluding hydrogens is 401 g/mol. The number of halogens is 3. The molecule has 0 fully saturated rings. The van der Waals surface area contributed by atoms with Crippen LogP contribution in [0.25, 0.3) is 0 Å². The van der Waals surface area contributed by atoms with E-state index in [9.17, 15) is 8.78 Å². The van der Waals surface area contributed by atoms with Crippen LogP contribution in [0, 0.1) is 17.5 Å². The molecule has 1 aliphatic heterocycles. The maximum atomic E-state index is 15.4. The summed E-state index contributed by atoms with van der Waals surface area (Å²) in [5.74, 6) is -2.98. The summed E-state index contributed by atoms with van der Waals surface area (Å²) in [7, 11) is 0. The van der Waals surface area contributed by atoms with Gasteiger partial charge in [-0.25, -0.2) is 4.39 Å². The second-order valence-electron chi connectivity index (χ2n) is 8.45. The van der Waals surface area contributed by atoms with E-state index in [0.717, 1.165) is 25.7 Å². The first-order valence-corrected chi connectivity index (χ1v) is 11.3. The van der Waals surface area contributed by atoms with Crippen LogP contribution in [0.5, 0.6) is 17.2 Å². The Morgan fingerprint density at radius 2 is 1.81 bits per heavy atom. The highest BCUT2D eigenvalue weighted by atomic mass is 19.2. The third-order valence-electron chi connectivity index (χ3n) is 6.34. The van der Waals surface area contributed by atoms with Crippen molar-refractivity contribution < 1.29 is 22.6 Å². The molecule has 1 heterocycles. The average molecular weight is 431 g/mol. The molecule has 0 saturated carbocycles. The molecule has 1 atom stereocenters. The number of unbranched alkanes of at least 4 members (excludes halogenated alkanes) is 2. The molecule has 2 aromatic carbocycles. The lowest BCUT2D eigenvalue weighted by Gasteiger charge is -2.27. The van der Waals surface area contributed by atoms with Gasteiger partial charge in [-0.3, -0.25) is 0 Å². The molecule has 0 bridgehead atoms. The molecule has 0 aromatic heterocycles. The van der Waals surface area contributed by atoms with Crippen molar-refractivity contribution in [1.82, 2.24) is 0 Å². The average Bonchev–Trinajstić information content (AvgIpc) is 2.78. The first-order chi connectivity index (χ1) is 15.0. The highest BCUT2D eigenvalue weighted by Gasteiger charge is 2.30. The molecule has 1 aliphatic carbocycles. The van der Waals surface area contributed by atoms with Crippen molar-refractivity contribution in [2.45, 2.75) is 71.1 Å². The van der Waals surface area contributed by atoms with Crippen LogP contribution in [0.2, 0.25) is 0 Å². The lowest BCUT2D eigenvalue weighted by atomic mass is 9.82. The molecule has 0 saturated heterocycles. The number of ether oxygens (including phenoxy) is 2. The number of allylic oxidation sites excluding steroid dienone is 2. The third kappa shape index (κ3) is 4.32. The van der Waals surface area contributed by atoms with Crippen LogP contribution in [0.15, 0.2) is 29.8 Å². The van der Waals surface area contributed by atoms with Crippen molar-refractivity contribution >= 4 is 0 Å². The van der Waals surface area contributed by atoms with Crippen LogP contribution in [0.4, 0.5) is 13.2 Å². The minimum absolute atomic E-state index is 0.0187. The minimum Gasteiger partial charge on any atom is -0.491 e. The SMILES string of the molecule is CCCCCC1=CCC(c2ccc3c(c2F)Oc2c(cc(OCC)c(F)c2F)C3)CC1. The zero-order chi connectivity index (χ0) is 22.0. The Labute approximate surface area is 182 Å². The highest BCUT2D eigenvalue weighted by Crippen LogP contribution is 2.45. The van der Waals surface area contributed by atoms with Crippen LogP contribution >= 0.6 is 0 Å². The molecule has 0 amide bonds. The van der Waals surface area contributed by atoms with Gasteiger partial charge in [-0.1, -0.05) is 43.5 Å². The van der Waals surface area contributed by atoms with Crippen molar-refractivity contribution in [2.75, 3.05) is 6.61 Å². The topological polar surface area (TPSA) is 18.5 Å². The summed E-state index contributed by atoms with van der Waals surface area (Å²) in [6.45, 7) is 4.12. The van der Waals surface area contributed by atoms with Gasteiger partial charge in [0.25, 0.3) is 0 Å². The molecule has 5 heteroatoms. The van der Waals surface area contributed by atoms with Gasteiger partial charge in [0.1, 0.15) is 0 Å². The summed E-state index contributed by atoms with van der Waals surface area (Å²) in [6.07, 6.45) is 9.98. The van der Waals surface area contributed by atoms with E-state index in [-0.39, 0.29) is 36.2 Å². The molecule has 2 aliphatic rings. The minimum atomic E-state index is -1.13. The smallest absolute Gasteiger partial charge is 0.205 e. The van der Waals surface area contributed by atoms with E-state index in [1.165, 1.54) is 30.9 Å². The van der Waals surface area contributed by atoms with Crippen molar-refractivity contribution in [3.05, 3.63) is 64.0 Å². The molecule has 2 nitrogen and oxygen atoms in total. The van der Waals surface area contributed by atoms with Crippen molar-refractivity contribution in [3.8, 4) is 17.2 Å². The molecule has 0 radical (unpaired) electrons. The summed E-state index contributed by atoms with van der Waals surface area (Å²) in [5.41, 5.74) is 3.15. The normalized spacial score (nSPS) is 17.5. The molecule has 4 rings (SSSR count). The fraction of sp³-hybridized carbons (Fsp3) is 0.462. The summed E-state index contributed by atoms with van der Waals surface area (Å²) < 4.78 is 55.1. The van der Waals surface area contributed by atoms with Gasteiger partial charge < -0.3 is 9.47 Å². The Hall–Kier alpha value is -2.43. The molecule has 2 aromatic rings. The molecule has 31 heavy (non-hydrogen) atoms. The fourth-order valence-electron chi connectivity index (χ4n) is 4.62. The van der Waals surface area contributed by atoms with E-state index in [1.807, 2.05) is 12.1 Å². The Bertz CT molecular complexity index is 997. The second-order valence-corrected chi connectivity index (χ2v) is 8.45. The fourth-order valence-corrected chi connectivity index (χ4v) is 4.62. The van der Waals surface area contributed by atoms with Gasteiger partial charge in [0.05, 0.1) is 6.61 Å². The van der Waals surface area contributed by atoms with Gasteiger partial charge in [0.15, 0.2) is 23.1 Å². The maximum Gasteiger partial charge on any atom is 0.205 e. The summed E-state index contributed by atoms with van der Waals surface area (Å²) in [6, 6.07) is 5.11. The van der Waals surface area contributed by atoms with Crippen LogP contribution in [0.3, 0.4) is 0 Å². The largest absolute Gasteiger partial charge is 0.491 e. The van der Waals surface area contributed by atoms with Gasteiger partial charge in [0, 0.05) is 17.5 Å². The lowest BCUT2D eigenvalue weighted by Crippen LogP contribution is -2.12. The van der Waals surface area contributed by atoms with Crippen LogP contribution < -0.4 is 9.47 Å². The summed E-state index contributed by atoms with van der Waals surface area (Å²) in [4.78, 5) is 0.